The minimum absolute atomic E-state index is 0.186. The zero-order chi connectivity index (χ0) is 22.3. The Labute approximate surface area is 182 Å². The lowest BCUT2D eigenvalue weighted by Gasteiger charge is -2.08. The van der Waals surface area contributed by atoms with E-state index < -0.39 is 5.69 Å². The minimum Gasteiger partial charge on any atom is -0.324 e. The van der Waals surface area contributed by atoms with Crippen molar-refractivity contribution < 1.29 is 4.79 Å². The molecule has 0 atom stereocenters. The first-order valence-corrected chi connectivity index (χ1v) is 10.4. The van der Waals surface area contributed by atoms with Crippen LogP contribution in [0.3, 0.4) is 0 Å². The second-order valence-electron chi connectivity index (χ2n) is 7.62. The molecule has 2 aromatic heterocycles. The van der Waals surface area contributed by atoms with Crippen LogP contribution in [0.25, 0.3) is 16.7 Å². The van der Waals surface area contributed by atoms with Gasteiger partial charge in [-0.05, 0) is 61.7 Å². The molecule has 0 fully saturated rings. The van der Waals surface area contributed by atoms with Crippen molar-refractivity contribution in [2.24, 2.45) is 0 Å². The van der Waals surface area contributed by atoms with E-state index in [2.05, 4.69) is 10.4 Å². The maximum atomic E-state index is 13.1. The summed E-state index contributed by atoms with van der Waals surface area (Å²) in [6.45, 7) is 5.93. The van der Waals surface area contributed by atoms with Gasteiger partial charge in [0, 0.05) is 17.3 Å². The van der Waals surface area contributed by atoms with Gasteiger partial charge >= 0.3 is 5.69 Å². The van der Waals surface area contributed by atoms with Gasteiger partial charge in [0.05, 0.1) is 10.9 Å². The summed E-state index contributed by atoms with van der Waals surface area (Å²) in [5.74, 6) is -0.201. The van der Waals surface area contributed by atoms with E-state index in [9.17, 15) is 14.4 Å². The third-order valence-electron chi connectivity index (χ3n) is 4.99. The molecular formula is C22H22ClN5O3. The van der Waals surface area contributed by atoms with Gasteiger partial charge in [0.1, 0.15) is 6.54 Å². The average Bonchev–Trinajstić information content (AvgIpc) is 3.00. The van der Waals surface area contributed by atoms with Crippen molar-refractivity contribution >= 4 is 39.9 Å². The van der Waals surface area contributed by atoms with Crippen LogP contribution in [0.2, 0.25) is 5.02 Å². The molecular weight excluding hydrogens is 418 g/mol. The number of nitrogens with zero attached hydrogens (tertiary/aromatic N) is 4. The number of aromatic nitrogens is 4. The van der Waals surface area contributed by atoms with Crippen LogP contribution in [0.15, 0.2) is 46.0 Å². The number of amides is 1. The average molecular weight is 440 g/mol. The van der Waals surface area contributed by atoms with E-state index in [1.165, 1.54) is 8.97 Å². The molecule has 4 rings (SSSR count). The summed E-state index contributed by atoms with van der Waals surface area (Å²) < 4.78 is 3.86. The highest BCUT2D eigenvalue weighted by Crippen LogP contribution is 2.17. The molecule has 2 heterocycles. The van der Waals surface area contributed by atoms with E-state index in [0.29, 0.717) is 34.6 Å². The Morgan fingerprint density at radius 1 is 1.10 bits per heavy atom. The lowest BCUT2D eigenvalue weighted by atomic mass is 10.1. The molecule has 0 aliphatic heterocycles. The smallest absolute Gasteiger partial charge is 0.324 e. The van der Waals surface area contributed by atoms with E-state index in [-0.39, 0.29) is 23.8 Å². The van der Waals surface area contributed by atoms with Crippen molar-refractivity contribution in [1.29, 1.82) is 0 Å². The third kappa shape index (κ3) is 3.86. The fourth-order valence-electron chi connectivity index (χ4n) is 3.80. The minimum atomic E-state index is -0.511. The van der Waals surface area contributed by atoms with Gasteiger partial charge in [-0.2, -0.15) is 0 Å². The first kappa shape index (κ1) is 20.9. The van der Waals surface area contributed by atoms with Crippen molar-refractivity contribution in [2.45, 2.75) is 40.3 Å². The molecule has 160 valence electrons. The molecule has 0 radical (unpaired) electrons. The number of aryl methyl sites for hydroxylation is 3. The molecule has 4 aromatic rings. The van der Waals surface area contributed by atoms with E-state index in [0.717, 1.165) is 15.8 Å². The van der Waals surface area contributed by atoms with Crippen LogP contribution < -0.4 is 16.6 Å². The second kappa shape index (κ2) is 8.03. The third-order valence-corrected chi connectivity index (χ3v) is 5.22. The van der Waals surface area contributed by atoms with Crippen LogP contribution in [0.5, 0.6) is 0 Å². The normalized spacial score (nSPS) is 11.4. The Morgan fingerprint density at radius 3 is 2.48 bits per heavy atom. The van der Waals surface area contributed by atoms with Crippen molar-refractivity contribution in [3.63, 3.8) is 0 Å². The molecule has 1 amide bonds. The summed E-state index contributed by atoms with van der Waals surface area (Å²) in [7, 11) is 0. The maximum absolute atomic E-state index is 13.1. The Kier molecular flexibility index (Phi) is 5.41. The highest BCUT2D eigenvalue weighted by atomic mass is 35.5. The standard InChI is InChI=1S/C22H22ClN5O3/c1-4-7-26-20(30)17-6-5-15(23)11-18(17)28-21(26)25-27(22(28)31)12-19(29)24-16-9-13(2)8-14(3)10-16/h5-6,8-11H,4,7,12H2,1-3H3,(H,24,29). The Balaban J connectivity index is 1.81. The molecule has 0 unspecified atom stereocenters. The van der Waals surface area contributed by atoms with E-state index >= 15 is 0 Å². The molecule has 0 aliphatic carbocycles. The topological polar surface area (TPSA) is 90.4 Å². The Bertz CT molecular complexity index is 1430. The number of carbonyl (C=O) groups is 1. The summed E-state index contributed by atoms with van der Waals surface area (Å²) in [5, 5.41) is 7.88. The fourth-order valence-corrected chi connectivity index (χ4v) is 3.97. The van der Waals surface area contributed by atoms with Crippen LogP contribution in [-0.2, 0) is 17.9 Å². The summed E-state index contributed by atoms with van der Waals surface area (Å²) in [6, 6.07) is 10.5. The number of anilines is 1. The molecule has 1 N–H and O–H groups in total. The Hall–Kier alpha value is -3.39. The number of benzene rings is 2. The van der Waals surface area contributed by atoms with Crippen molar-refractivity contribution in [3.05, 3.63) is 73.4 Å². The number of nitrogens with one attached hydrogen (secondary N) is 1. The highest BCUT2D eigenvalue weighted by molar-refractivity contribution is 6.31. The first-order chi connectivity index (χ1) is 14.8. The highest BCUT2D eigenvalue weighted by Gasteiger charge is 2.19. The van der Waals surface area contributed by atoms with Gasteiger partial charge in [-0.3, -0.25) is 14.2 Å². The van der Waals surface area contributed by atoms with Gasteiger partial charge in [-0.25, -0.2) is 13.9 Å². The second-order valence-corrected chi connectivity index (χ2v) is 8.05. The SMILES string of the molecule is CCCn1c(=O)c2ccc(Cl)cc2n2c(=O)n(CC(=O)Nc3cc(C)cc(C)c3)nc12. The first-order valence-electron chi connectivity index (χ1n) is 9.98. The molecule has 0 spiro atoms. The molecule has 0 saturated heterocycles. The van der Waals surface area contributed by atoms with Crippen molar-refractivity contribution in [3.8, 4) is 0 Å². The van der Waals surface area contributed by atoms with Crippen LogP contribution in [0.4, 0.5) is 5.69 Å². The van der Waals surface area contributed by atoms with Crippen LogP contribution in [0, 0.1) is 13.8 Å². The van der Waals surface area contributed by atoms with E-state index in [4.69, 9.17) is 11.6 Å². The van der Waals surface area contributed by atoms with Gasteiger partial charge in [0.15, 0.2) is 0 Å². The van der Waals surface area contributed by atoms with Gasteiger partial charge in [0.25, 0.3) is 5.56 Å². The van der Waals surface area contributed by atoms with Crippen molar-refractivity contribution in [2.75, 3.05) is 5.32 Å². The predicted molar refractivity (Wildman–Crippen MR) is 121 cm³/mol. The number of halogens is 1. The van der Waals surface area contributed by atoms with Crippen LogP contribution in [0.1, 0.15) is 24.5 Å². The Morgan fingerprint density at radius 2 is 1.81 bits per heavy atom. The van der Waals surface area contributed by atoms with E-state index in [1.54, 1.807) is 18.2 Å². The molecule has 8 nitrogen and oxygen atoms in total. The molecule has 2 aromatic carbocycles. The molecule has 0 saturated carbocycles. The zero-order valence-corrected chi connectivity index (χ0v) is 18.2. The van der Waals surface area contributed by atoms with Crippen LogP contribution in [-0.4, -0.2) is 24.7 Å². The number of hydrogen-bond acceptors (Lipinski definition) is 4. The maximum Gasteiger partial charge on any atom is 0.352 e. The van der Waals surface area contributed by atoms with Crippen LogP contribution >= 0.6 is 11.6 Å². The summed E-state index contributed by atoms with van der Waals surface area (Å²) >= 11 is 6.12. The lowest BCUT2D eigenvalue weighted by molar-refractivity contribution is -0.117. The van der Waals surface area contributed by atoms with Crippen molar-refractivity contribution in [1.82, 2.24) is 18.7 Å². The number of carbonyl (C=O) groups excluding carboxylic acids is 1. The molecule has 9 heteroatoms. The summed E-state index contributed by atoms with van der Waals surface area (Å²) in [4.78, 5) is 38.7. The lowest BCUT2D eigenvalue weighted by Crippen LogP contribution is -2.29. The summed E-state index contributed by atoms with van der Waals surface area (Å²) in [6.07, 6.45) is 0.683. The molecule has 0 bridgehead atoms. The fraction of sp³-hybridized carbons (Fsp3) is 0.273. The van der Waals surface area contributed by atoms with E-state index in [1.807, 2.05) is 39.0 Å². The number of rotatable bonds is 5. The zero-order valence-electron chi connectivity index (χ0n) is 17.5. The molecule has 0 aliphatic rings. The molecule has 31 heavy (non-hydrogen) atoms. The van der Waals surface area contributed by atoms with Gasteiger partial charge < -0.3 is 5.32 Å². The van der Waals surface area contributed by atoms with Gasteiger partial charge in [-0.15, -0.1) is 5.10 Å². The quantitative estimate of drug-likeness (QED) is 0.517. The summed E-state index contributed by atoms with van der Waals surface area (Å²) in [5.41, 5.74) is 2.30. The van der Waals surface area contributed by atoms with Gasteiger partial charge in [-0.1, -0.05) is 24.6 Å². The van der Waals surface area contributed by atoms with Gasteiger partial charge in [0.2, 0.25) is 11.7 Å². The number of hydrogen-bond donors (Lipinski definition) is 1. The monoisotopic (exact) mass is 439 g/mol. The predicted octanol–water partition coefficient (Wildman–Crippen LogP) is 3.13. The number of fused-ring (bicyclic) bond motifs is 3. The largest absolute Gasteiger partial charge is 0.352 e.